The van der Waals surface area contributed by atoms with Crippen LogP contribution in [0.15, 0.2) is 66.7 Å². The van der Waals surface area contributed by atoms with E-state index in [0.717, 1.165) is 24.1 Å². The van der Waals surface area contributed by atoms with Gasteiger partial charge in [-0.15, -0.1) is 0 Å². The van der Waals surface area contributed by atoms with E-state index in [9.17, 15) is 14.0 Å². The number of hydrogen-bond donors (Lipinski definition) is 1. The fourth-order valence-electron chi connectivity index (χ4n) is 3.58. The molecule has 0 atom stereocenters. The SMILES string of the molecule is COc1ccc(NC(=O)c2ccc3c(c2)CCCN3C(=O)c2ccc(F)cc2)cc1. The summed E-state index contributed by atoms with van der Waals surface area (Å²) in [5.41, 5.74) is 3.37. The van der Waals surface area contributed by atoms with E-state index in [1.54, 1.807) is 48.4 Å². The van der Waals surface area contributed by atoms with Gasteiger partial charge in [0.15, 0.2) is 0 Å². The third-order valence-electron chi connectivity index (χ3n) is 5.14. The minimum absolute atomic E-state index is 0.175. The third kappa shape index (κ3) is 4.03. The number of nitrogens with one attached hydrogen (secondary N) is 1. The number of carbonyl (C=O) groups excluding carboxylic acids is 2. The van der Waals surface area contributed by atoms with Crippen molar-refractivity contribution in [2.24, 2.45) is 0 Å². The van der Waals surface area contributed by atoms with Gasteiger partial charge >= 0.3 is 0 Å². The van der Waals surface area contributed by atoms with Gasteiger partial charge in [0.05, 0.1) is 7.11 Å². The number of amides is 2. The van der Waals surface area contributed by atoms with Crippen molar-refractivity contribution >= 4 is 23.2 Å². The van der Waals surface area contributed by atoms with Gasteiger partial charge in [0.25, 0.3) is 11.8 Å². The molecule has 0 aromatic heterocycles. The number of ether oxygens (including phenoxy) is 1. The van der Waals surface area contributed by atoms with Crippen LogP contribution in [0.25, 0.3) is 0 Å². The third-order valence-corrected chi connectivity index (χ3v) is 5.14. The molecule has 1 aliphatic rings. The number of fused-ring (bicyclic) bond motifs is 1. The molecule has 0 radical (unpaired) electrons. The second-order valence-corrected chi connectivity index (χ2v) is 7.09. The molecule has 1 heterocycles. The van der Waals surface area contributed by atoms with Gasteiger partial charge in [-0.1, -0.05) is 0 Å². The highest BCUT2D eigenvalue weighted by Crippen LogP contribution is 2.30. The number of halogens is 1. The number of carbonyl (C=O) groups is 2. The van der Waals surface area contributed by atoms with Crippen molar-refractivity contribution in [3.05, 3.63) is 89.2 Å². The summed E-state index contributed by atoms with van der Waals surface area (Å²) in [6, 6.07) is 18.0. The van der Waals surface area contributed by atoms with Crippen LogP contribution in [0.4, 0.5) is 15.8 Å². The number of methoxy groups -OCH3 is 1. The Bertz CT molecular complexity index is 1080. The van der Waals surface area contributed by atoms with Crippen molar-refractivity contribution < 1.29 is 18.7 Å². The zero-order chi connectivity index (χ0) is 21.1. The van der Waals surface area contributed by atoms with Crippen molar-refractivity contribution in [1.29, 1.82) is 0 Å². The molecule has 1 aliphatic heterocycles. The average molecular weight is 404 g/mol. The second-order valence-electron chi connectivity index (χ2n) is 7.09. The van der Waals surface area contributed by atoms with Crippen LogP contribution in [0.5, 0.6) is 5.75 Å². The molecular formula is C24H21FN2O3. The molecular weight excluding hydrogens is 383 g/mol. The summed E-state index contributed by atoms with van der Waals surface area (Å²) < 4.78 is 18.3. The lowest BCUT2D eigenvalue weighted by atomic mass is 9.98. The number of nitrogens with zero attached hydrogens (tertiary/aromatic N) is 1. The van der Waals surface area contributed by atoms with Crippen molar-refractivity contribution in [2.45, 2.75) is 12.8 Å². The molecule has 152 valence electrons. The maximum absolute atomic E-state index is 13.2. The summed E-state index contributed by atoms with van der Waals surface area (Å²) in [7, 11) is 1.59. The highest BCUT2D eigenvalue weighted by Gasteiger charge is 2.24. The maximum Gasteiger partial charge on any atom is 0.258 e. The lowest BCUT2D eigenvalue weighted by Gasteiger charge is -2.30. The molecule has 6 heteroatoms. The van der Waals surface area contributed by atoms with Crippen molar-refractivity contribution in [3.63, 3.8) is 0 Å². The molecule has 30 heavy (non-hydrogen) atoms. The fraction of sp³-hybridized carbons (Fsp3) is 0.167. The lowest BCUT2D eigenvalue weighted by Crippen LogP contribution is -2.35. The normalized spacial score (nSPS) is 12.8. The van der Waals surface area contributed by atoms with E-state index in [1.807, 2.05) is 6.07 Å². The van der Waals surface area contributed by atoms with Gasteiger partial charge in [0.2, 0.25) is 0 Å². The number of benzene rings is 3. The Morgan fingerprint density at radius 3 is 2.37 bits per heavy atom. The smallest absolute Gasteiger partial charge is 0.258 e. The van der Waals surface area contributed by atoms with E-state index < -0.39 is 0 Å². The van der Waals surface area contributed by atoms with Crippen molar-refractivity contribution in [2.75, 3.05) is 23.9 Å². The van der Waals surface area contributed by atoms with Crippen LogP contribution >= 0.6 is 0 Å². The van der Waals surface area contributed by atoms with Gasteiger partial charge in [-0.3, -0.25) is 9.59 Å². The second kappa shape index (κ2) is 8.37. The topological polar surface area (TPSA) is 58.6 Å². The maximum atomic E-state index is 13.2. The summed E-state index contributed by atoms with van der Waals surface area (Å²) in [6.45, 7) is 0.584. The molecule has 3 aromatic rings. The van der Waals surface area contributed by atoms with Crippen LogP contribution < -0.4 is 15.0 Å². The Morgan fingerprint density at radius 1 is 0.967 bits per heavy atom. The minimum Gasteiger partial charge on any atom is -0.497 e. The average Bonchev–Trinajstić information content (AvgIpc) is 2.79. The zero-order valence-electron chi connectivity index (χ0n) is 16.5. The van der Waals surface area contributed by atoms with Crippen LogP contribution in [0.1, 0.15) is 32.7 Å². The Kier molecular flexibility index (Phi) is 5.48. The number of hydrogen-bond acceptors (Lipinski definition) is 3. The molecule has 0 unspecified atom stereocenters. The molecule has 0 saturated carbocycles. The highest BCUT2D eigenvalue weighted by atomic mass is 19.1. The van der Waals surface area contributed by atoms with Gasteiger partial charge in [0.1, 0.15) is 11.6 Å². The predicted octanol–water partition coefficient (Wildman–Crippen LogP) is 4.68. The molecule has 0 bridgehead atoms. The van der Waals surface area contributed by atoms with E-state index in [-0.39, 0.29) is 17.6 Å². The standard InChI is InChI=1S/C24H21FN2O3/c1-30-21-11-9-20(10-12-21)26-23(28)18-6-13-22-17(15-18)3-2-14-27(22)24(29)16-4-7-19(25)8-5-16/h4-13,15H,2-3,14H2,1H3,(H,26,28). The Hall–Kier alpha value is -3.67. The molecule has 0 spiro atoms. The van der Waals surface area contributed by atoms with E-state index >= 15 is 0 Å². The highest BCUT2D eigenvalue weighted by molar-refractivity contribution is 6.08. The lowest BCUT2D eigenvalue weighted by molar-refractivity contribution is 0.0984. The van der Waals surface area contributed by atoms with Crippen LogP contribution in [0.2, 0.25) is 0 Å². The van der Waals surface area contributed by atoms with Crippen molar-refractivity contribution in [1.82, 2.24) is 0 Å². The molecule has 4 rings (SSSR count). The van der Waals surface area contributed by atoms with Crippen LogP contribution in [0, 0.1) is 5.82 Å². The van der Waals surface area contributed by atoms with Gasteiger partial charge in [-0.05, 0) is 85.1 Å². The first kappa shape index (κ1) is 19.6. The first-order valence-corrected chi connectivity index (χ1v) is 9.71. The summed E-state index contributed by atoms with van der Waals surface area (Å²) >= 11 is 0. The van der Waals surface area contributed by atoms with E-state index in [1.165, 1.54) is 24.3 Å². The van der Waals surface area contributed by atoms with Crippen LogP contribution in [0.3, 0.4) is 0 Å². The number of rotatable bonds is 4. The first-order chi connectivity index (χ1) is 14.5. The van der Waals surface area contributed by atoms with E-state index in [2.05, 4.69) is 5.32 Å². The largest absolute Gasteiger partial charge is 0.497 e. The molecule has 0 aliphatic carbocycles. The molecule has 2 amide bonds. The Morgan fingerprint density at radius 2 is 1.67 bits per heavy atom. The minimum atomic E-state index is -0.377. The summed E-state index contributed by atoms with van der Waals surface area (Å²) in [4.78, 5) is 27.3. The Labute approximate surface area is 174 Å². The first-order valence-electron chi connectivity index (χ1n) is 9.71. The molecule has 5 nitrogen and oxygen atoms in total. The molecule has 0 fully saturated rings. The summed E-state index contributed by atoms with van der Waals surface area (Å²) in [5.74, 6) is -0.0536. The predicted molar refractivity (Wildman–Crippen MR) is 114 cm³/mol. The van der Waals surface area contributed by atoms with Crippen LogP contribution in [-0.4, -0.2) is 25.5 Å². The van der Waals surface area contributed by atoms with Crippen LogP contribution in [-0.2, 0) is 6.42 Å². The Balaban J connectivity index is 1.54. The van der Waals surface area contributed by atoms with E-state index in [0.29, 0.717) is 29.1 Å². The fourth-order valence-corrected chi connectivity index (χ4v) is 3.58. The quantitative estimate of drug-likeness (QED) is 0.687. The molecule has 3 aromatic carbocycles. The summed E-state index contributed by atoms with van der Waals surface area (Å²) in [5, 5.41) is 2.87. The molecule has 0 saturated heterocycles. The van der Waals surface area contributed by atoms with E-state index in [4.69, 9.17) is 4.74 Å². The molecule has 1 N–H and O–H groups in total. The number of anilines is 2. The van der Waals surface area contributed by atoms with Gasteiger partial charge < -0.3 is 15.0 Å². The number of aryl methyl sites for hydroxylation is 1. The monoisotopic (exact) mass is 404 g/mol. The zero-order valence-corrected chi connectivity index (χ0v) is 16.5. The van der Waals surface area contributed by atoms with Gasteiger partial charge in [0, 0.05) is 29.0 Å². The van der Waals surface area contributed by atoms with Gasteiger partial charge in [-0.2, -0.15) is 0 Å². The van der Waals surface area contributed by atoms with Crippen molar-refractivity contribution in [3.8, 4) is 5.75 Å². The van der Waals surface area contributed by atoms with Gasteiger partial charge in [-0.25, -0.2) is 4.39 Å². The summed E-state index contributed by atoms with van der Waals surface area (Å²) in [6.07, 6.45) is 1.58.